The Labute approximate surface area is 268 Å². The van der Waals surface area contributed by atoms with E-state index in [4.69, 9.17) is 9.47 Å². The average molecular weight is 770 g/mol. The van der Waals surface area contributed by atoms with Crippen LogP contribution in [0.1, 0.15) is 38.5 Å². The molecule has 0 saturated carbocycles. The van der Waals surface area contributed by atoms with Crippen molar-refractivity contribution in [2.24, 2.45) is 0 Å². The molecule has 2 rings (SSSR count). The highest BCUT2D eigenvalue weighted by molar-refractivity contribution is 5.66. The second-order valence-corrected chi connectivity index (χ2v) is 10.6. The van der Waals surface area contributed by atoms with Crippen molar-refractivity contribution in [3.63, 3.8) is 0 Å². The van der Waals surface area contributed by atoms with Gasteiger partial charge in [0.1, 0.15) is 5.75 Å². The number of unbranched alkanes of at least 4 members (excludes halogenated alkanes) is 2. The summed E-state index contributed by atoms with van der Waals surface area (Å²) in [5.74, 6) is -43.3. The molecule has 286 valence electrons. The number of halogens is 20. The van der Waals surface area contributed by atoms with E-state index in [9.17, 15) is 87.8 Å². The monoisotopic (exact) mass is 770 g/mol. The lowest BCUT2D eigenvalue weighted by Gasteiger charge is -2.33. The van der Waals surface area contributed by atoms with E-state index in [1.54, 1.807) is 0 Å². The van der Waals surface area contributed by atoms with Crippen LogP contribution in [0.2, 0.25) is 0 Å². The smallest absolute Gasteiger partial charge is 0.460 e. The van der Waals surface area contributed by atoms with Crippen LogP contribution in [-0.2, 0) is 0 Å². The minimum atomic E-state index is -7.05. The number of rotatable bonds is 17. The molecule has 0 N–H and O–H groups in total. The van der Waals surface area contributed by atoms with Gasteiger partial charge in [-0.05, 0) is 55.5 Å². The molecule has 0 heterocycles. The molecule has 0 aliphatic carbocycles. The Bertz CT molecular complexity index is 1410. The van der Waals surface area contributed by atoms with Gasteiger partial charge in [0.25, 0.3) is 0 Å². The summed E-state index contributed by atoms with van der Waals surface area (Å²) in [6, 6.07) is 6.26. The Balaban J connectivity index is 1.91. The van der Waals surface area contributed by atoms with Crippen LogP contribution in [0.25, 0.3) is 11.1 Å². The maximum atomic E-state index is 14.7. The van der Waals surface area contributed by atoms with E-state index >= 15 is 0 Å². The quantitative estimate of drug-likeness (QED) is 0.118. The molecular weight excluding hydrogens is 748 g/mol. The summed E-state index contributed by atoms with van der Waals surface area (Å²) in [4.78, 5) is 0. The van der Waals surface area contributed by atoms with Crippen molar-refractivity contribution < 1.29 is 97.3 Å². The van der Waals surface area contributed by atoms with Crippen molar-refractivity contribution in [2.75, 3.05) is 13.2 Å². The zero-order chi connectivity index (χ0) is 38.8. The molecule has 0 bridgehead atoms. The molecule has 0 aliphatic rings. The van der Waals surface area contributed by atoms with Gasteiger partial charge in [-0.3, -0.25) is 0 Å². The molecule has 2 nitrogen and oxygen atoms in total. The van der Waals surface area contributed by atoms with Crippen LogP contribution in [0.15, 0.2) is 36.4 Å². The van der Waals surface area contributed by atoms with E-state index in [1.165, 1.54) is 0 Å². The third-order valence-electron chi connectivity index (χ3n) is 6.93. The SMILES string of the molecule is Fc1c(OCCCCC(F)(F)C(F)(F)C(F)(F)C(F)(F)F)ccc(-c2ccc(OCCCCC(F)(F)C(F)(F)C(F)(F)C(F)(F)F)cc2)c1F. The molecule has 0 saturated heterocycles. The molecule has 0 amide bonds. The van der Waals surface area contributed by atoms with Gasteiger partial charge in [-0.15, -0.1) is 0 Å². The highest BCUT2D eigenvalue weighted by Crippen LogP contribution is 2.55. The number of hydrogen-bond acceptors (Lipinski definition) is 2. The largest absolute Gasteiger partial charge is 0.494 e. The summed E-state index contributed by atoms with van der Waals surface area (Å²) in [7, 11) is 0. The van der Waals surface area contributed by atoms with Crippen molar-refractivity contribution >= 4 is 0 Å². The van der Waals surface area contributed by atoms with Crippen molar-refractivity contribution in [1.29, 1.82) is 0 Å². The Morgan fingerprint density at radius 1 is 0.420 bits per heavy atom. The van der Waals surface area contributed by atoms with Crippen molar-refractivity contribution in [1.82, 2.24) is 0 Å². The van der Waals surface area contributed by atoms with Crippen LogP contribution in [0.5, 0.6) is 11.5 Å². The minimum Gasteiger partial charge on any atom is -0.494 e. The van der Waals surface area contributed by atoms with Crippen molar-refractivity contribution in [3.8, 4) is 22.6 Å². The molecule has 0 aromatic heterocycles. The molecule has 0 aliphatic heterocycles. The zero-order valence-corrected chi connectivity index (χ0v) is 24.5. The number of alkyl halides is 18. The molecule has 0 atom stereocenters. The highest BCUT2D eigenvalue weighted by Gasteiger charge is 2.82. The van der Waals surface area contributed by atoms with Crippen LogP contribution >= 0.6 is 0 Å². The standard InChI is InChI=1S/C28H22F20O2/c29-19-17(9-10-18(20(19)30)50-14-4-2-12-22(33,34)24(37,38)26(41,42)28(46,47)48)15-5-7-16(8-6-15)49-13-3-1-11-21(31,32)23(35,36)25(39,40)27(43,44)45/h5-10H,1-4,11-14H2. The van der Waals surface area contributed by atoms with E-state index in [-0.39, 0.29) is 11.3 Å². The Kier molecular flexibility index (Phi) is 12.6. The van der Waals surface area contributed by atoms with E-state index in [0.29, 0.717) is 0 Å². The summed E-state index contributed by atoms with van der Waals surface area (Å²) >= 11 is 0. The molecule has 0 fully saturated rings. The van der Waals surface area contributed by atoms with Gasteiger partial charge >= 0.3 is 47.9 Å². The van der Waals surface area contributed by atoms with E-state index in [1.807, 2.05) is 0 Å². The van der Waals surface area contributed by atoms with Gasteiger partial charge in [-0.25, -0.2) is 4.39 Å². The number of benzene rings is 2. The lowest BCUT2D eigenvalue weighted by atomic mass is 9.99. The fourth-order valence-electron chi connectivity index (χ4n) is 4.00. The van der Waals surface area contributed by atoms with E-state index < -0.39 is 123 Å². The predicted molar refractivity (Wildman–Crippen MR) is 132 cm³/mol. The third kappa shape index (κ3) is 8.56. The molecule has 2 aromatic rings. The maximum Gasteiger partial charge on any atom is 0.460 e. The second kappa shape index (κ2) is 14.7. The van der Waals surface area contributed by atoms with Crippen molar-refractivity contribution in [3.05, 3.63) is 48.0 Å². The summed E-state index contributed by atoms with van der Waals surface area (Å²) < 4.78 is 271. The number of hydrogen-bond donors (Lipinski definition) is 0. The first-order valence-electron chi connectivity index (χ1n) is 13.7. The van der Waals surface area contributed by atoms with Gasteiger partial charge in [-0.2, -0.15) is 83.4 Å². The van der Waals surface area contributed by atoms with Crippen LogP contribution in [0, 0.1) is 11.6 Å². The van der Waals surface area contributed by atoms with E-state index in [0.717, 1.165) is 36.4 Å². The van der Waals surface area contributed by atoms with Crippen LogP contribution in [0.3, 0.4) is 0 Å². The van der Waals surface area contributed by atoms with Crippen LogP contribution < -0.4 is 9.47 Å². The average Bonchev–Trinajstić information content (AvgIpc) is 2.97. The molecular formula is C28H22F20O2. The van der Waals surface area contributed by atoms with Gasteiger partial charge in [0, 0.05) is 18.4 Å². The van der Waals surface area contributed by atoms with Crippen molar-refractivity contribution in [2.45, 2.75) is 86.4 Å². The molecule has 22 heteroatoms. The summed E-state index contributed by atoms with van der Waals surface area (Å²) in [5.41, 5.74) is -0.459. The summed E-state index contributed by atoms with van der Waals surface area (Å²) in [6.07, 6.45) is -21.4. The molecule has 0 spiro atoms. The first-order valence-corrected chi connectivity index (χ1v) is 13.7. The summed E-state index contributed by atoms with van der Waals surface area (Å²) in [6.45, 7) is -1.31. The maximum absolute atomic E-state index is 14.7. The lowest BCUT2D eigenvalue weighted by molar-refractivity contribution is -0.396. The van der Waals surface area contributed by atoms with Gasteiger partial charge in [-0.1, -0.05) is 12.1 Å². The highest BCUT2D eigenvalue weighted by atomic mass is 19.4. The van der Waals surface area contributed by atoms with Crippen LogP contribution in [0.4, 0.5) is 87.8 Å². The third-order valence-corrected chi connectivity index (χ3v) is 6.93. The van der Waals surface area contributed by atoms with Gasteiger partial charge in [0.05, 0.1) is 13.2 Å². The summed E-state index contributed by atoms with van der Waals surface area (Å²) in [5, 5.41) is 0. The Hall–Kier alpha value is -3.36. The molecule has 0 radical (unpaired) electrons. The van der Waals surface area contributed by atoms with Crippen LogP contribution in [-0.4, -0.2) is 61.1 Å². The number of ether oxygens (including phenoxy) is 2. The fraction of sp³-hybridized carbons (Fsp3) is 0.571. The molecule has 0 unspecified atom stereocenters. The normalized spacial score (nSPS) is 14.2. The first kappa shape index (κ1) is 42.8. The zero-order valence-electron chi connectivity index (χ0n) is 24.5. The Morgan fingerprint density at radius 3 is 1.22 bits per heavy atom. The van der Waals surface area contributed by atoms with Gasteiger partial charge in [0.15, 0.2) is 11.6 Å². The first-order chi connectivity index (χ1) is 22.5. The second-order valence-electron chi connectivity index (χ2n) is 10.6. The predicted octanol–water partition coefficient (Wildman–Crippen LogP) is 11.7. The van der Waals surface area contributed by atoms with Gasteiger partial charge < -0.3 is 9.47 Å². The fourth-order valence-corrected chi connectivity index (χ4v) is 4.00. The minimum absolute atomic E-state index is 0.0356. The Morgan fingerprint density at radius 2 is 0.820 bits per heavy atom. The molecule has 2 aromatic carbocycles. The topological polar surface area (TPSA) is 18.5 Å². The van der Waals surface area contributed by atoms with Gasteiger partial charge in [0.2, 0.25) is 5.82 Å². The van der Waals surface area contributed by atoms with E-state index in [2.05, 4.69) is 0 Å². The molecule has 50 heavy (non-hydrogen) atoms. The lowest BCUT2D eigenvalue weighted by Crippen LogP contribution is -2.60.